The van der Waals surface area contributed by atoms with Crippen LogP contribution in [0.5, 0.6) is 11.5 Å². The molecule has 2 N–H and O–H groups in total. The monoisotopic (exact) mass is 214 g/mol. The van der Waals surface area contributed by atoms with Crippen LogP contribution in [-0.4, -0.2) is 20.1 Å². The molecule has 0 saturated heterocycles. The summed E-state index contributed by atoms with van der Waals surface area (Å²) in [5, 5.41) is 39.3. The summed E-state index contributed by atoms with van der Waals surface area (Å²) >= 11 is 0. The van der Waals surface area contributed by atoms with Crippen LogP contribution in [-0.2, 0) is 0 Å². The molecule has 0 amide bonds. The van der Waals surface area contributed by atoms with E-state index in [1.54, 1.807) is 0 Å². The van der Waals surface area contributed by atoms with Crippen LogP contribution in [0, 0.1) is 27.2 Å². The number of phenols is 2. The van der Waals surface area contributed by atoms with Gasteiger partial charge in [-0.15, -0.1) is 0 Å². The van der Waals surface area contributed by atoms with Crippen molar-refractivity contribution in [1.29, 1.82) is 0 Å². The number of hydrogen-bond acceptors (Lipinski definition) is 6. The second-order valence-electron chi connectivity index (χ2n) is 2.75. The topological polar surface area (TPSA) is 127 Å². The summed E-state index contributed by atoms with van der Waals surface area (Å²) in [6.07, 6.45) is 0. The number of nitro groups is 2. The number of phenolic OH excluding ortho intramolecular Hbond substituents is 2. The third-order valence-corrected chi connectivity index (χ3v) is 1.86. The largest absolute Gasteiger partial charge is 0.507 e. The Morgan fingerprint density at radius 3 is 2.13 bits per heavy atom. The number of nitro benzene ring substituents is 2. The Morgan fingerprint density at radius 2 is 1.73 bits per heavy atom. The first kappa shape index (κ1) is 10.7. The first-order valence-corrected chi connectivity index (χ1v) is 3.70. The van der Waals surface area contributed by atoms with E-state index in [9.17, 15) is 30.4 Å². The van der Waals surface area contributed by atoms with Gasteiger partial charge in [0, 0.05) is 0 Å². The van der Waals surface area contributed by atoms with Gasteiger partial charge >= 0.3 is 11.4 Å². The molecule has 0 heterocycles. The molecule has 0 saturated carbocycles. The first-order valence-electron chi connectivity index (χ1n) is 3.70. The Morgan fingerprint density at radius 1 is 1.20 bits per heavy atom. The summed E-state index contributed by atoms with van der Waals surface area (Å²) < 4.78 is 0. The highest BCUT2D eigenvalue weighted by atomic mass is 16.6. The molecule has 0 aliphatic rings. The third kappa shape index (κ3) is 1.64. The van der Waals surface area contributed by atoms with Crippen molar-refractivity contribution in [2.24, 2.45) is 0 Å². The molecule has 1 aromatic carbocycles. The molecule has 8 nitrogen and oxygen atoms in total. The van der Waals surface area contributed by atoms with Crippen LogP contribution in [0.15, 0.2) is 6.07 Å². The average molecular weight is 214 g/mol. The number of aromatic hydroxyl groups is 2. The van der Waals surface area contributed by atoms with Crippen LogP contribution in [0.3, 0.4) is 0 Å². The van der Waals surface area contributed by atoms with Gasteiger partial charge in [-0.1, -0.05) is 0 Å². The Labute approximate surface area is 82.7 Å². The van der Waals surface area contributed by atoms with Gasteiger partial charge in [0.25, 0.3) is 5.75 Å². The molecule has 8 heteroatoms. The second kappa shape index (κ2) is 3.40. The number of benzene rings is 1. The molecule has 0 fully saturated rings. The fourth-order valence-electron chi connectivity index (χ4n) is 1.09. The minimum absolute atomic E-state index is 0.219. The number of hydrogen-bond donors (Lipinski definition) is 2. The Hall–Kier alpha value is -2.38. The number of nitrogens with zero attached hydrogens (tertiary/aromatic N) is 2. The Balaban J connectivity index is 3.63. The molecule has 80 valence electrons. The van der Waals surface area contributed by atoms with Crippen molar-refractivity contribution in [3.63, 3.8) is 0 Å². The zero-order valence-electron chi connectivity index (χ0n) is 7.50. The molecular formula is C7H6N2O6. The molecule has 0 aliphatic heterocycles. The van der Waals surface area contributed by atoms with E-state index in [-0.39, 0.29) is 5.56 Å². The summed E-state index contributed by atoms with van der Waals surface area (Å²) in [5.74, 6) is -1.66. The van der Waals surface area contributed by atoms with Gasteiger partial charge in [0.1, 0.15) is 5.75 Å². The van der Waals surface area contributed by atoms with Crippen LogP contribution in [0.4, 0.5) is 11.4 Å². The maximum atomic E-state index is 10.5. The summed E-state index contributed by atoms with van der Waals surface area (Å²) in [5.41, 5.74) is -1.98. The van der Waals surface area contributed by atoms with Gasteiger partial charge in [0.15, 0.2) is 0 Å². The van der Waals surface area contributed by atoms with Gasteiger partial charge in [-0.3, -0.25) is 20.2 Å². The standard InChI is InChI=1S/C7H6N2O6/c1-3-5(10)2-4(8(12)13)7(11)6(3)9(14)15/h2,10-11H,1H3. The normalized spacial score (nSPS) is 9.93. The predicted molar refractivity (Wildman–Crippen MR) is 47.8 cm³/mol. The molecule has 1 aromatic rings. The Kier molecular flexibility index (Phi) is 2.43. The predicted octanol–water partition coefficient (Wildman–Crippen LogP) is 1.22. The quantitative estimate of drug-likeness (QED) is 0.432. The molecule has 0 spiro atoms. The average Bonchev–Trinajstić information content (AvgIpc) is 2.10. The van der Waals surface area contributed by atoms with Crippen LogP contribution in [0.25, 0.3) is 0 Å². The summed E-state index contributed by atoms with van der Waals surface area (Å²) in [7, 11) is 0. The van der Waals surface area contributed by atoms with Crippen molar-refractivity contribution in [3.05, 3.63) is 31.9 Å². The van der Waals surface area contributed by atoms with E-state index in [2.05, 4.69) is 0 Å². The highest BCUT2D eigenvalue weighted by Gasteiger charge is 2.29. The molecule has 0 aromatic heterocycles. The van der Waals surface area contributed by atoms with Crippen molar-refractivity contribution in [2.75, 3.05) is 0 Å². The maximum absolute atomic E-state index is 10.5. The molecule has 0 bridgehead atoms. The summed E-state index contributed by atoms with van der Waals surface area (Å²) in [6.45, 7) is 1.18. The van der Waals surface area contributed by atoms with E-state index in [4.69, 9.17) is 0 Å². The van der Waals surface area contributed by atoms with Gasteiger partial charge < -0.3 is 10.2 Å². The van der Waals surface area contributed by atoms with Crippen molar-refractivity contribution >= 4 is 11.4 Å². The highest BCUT2D eigenvalue weighted by molar-refractivity contribution is 5.67. The lowest BCUT2D eigenvalue weighted by Crippen LogP contribution is -1.97. The van der Waals surface area contributed by atoms with E-state index < -0.39 is 32.7 Å². The van der Waals surface area contributed by atoms with Crippen LogP contribution in [0.2, 0.25) is 0 Å². The molecular weight excluding hydrogens is 208 g/mol. The lowest BCUT2D eigenvalue weighted by Gasteiger charge is -2.02. The zero-order chi connectivity index (χ0) is 11.7. The minimum Gasteiger partial charge on any atom is -0.507 e. The van der Waals surface area contributed by atoms with E-state index in [0.29, 0.717) is 6.07 Å². The van der Waals surface area contributed by atoms with Crippen LogP contribution in [0.1, 0.15) is 5.56 Å². The maximum Gasteiger partial charge on any atom is 0.324 e. The van der Waals surface area contributed by atoms with Crippen LogP contribution >= 0.6 is 0 Å². The Bertz CT molecular complexity index is 455. The SMILES string of the molecule is Cc1c(O)cc([N+](=O)[O-])c(O)c1[N+](=O)[O-]. The second-order valence-corrected chi connectivity index (χ2v) is 2.75. The van der Waals surface area contributed by atoms with Gasteiger partial charge in [0.2, 0.25) is 0 Å². The van der Waals surface area contributed by atoms with E-state index >= 15 is 0 Å². The smallest absolute Gasteiger partial charge is 0.324 e. The van der Waals surface area contributed by atoms with Gasteiger partial charge in [-0.25, -0.2) is 0 Å². The molecule has 0 aliphatic carbocycles. The van der Waals surface area contributed by atoms with Gasteiger partial charge in [-0.2, -0.15) is 0 Å². The van der Waals surface area contributed by atoms with Gasteiger partial charge in [-0.05, 0) is 6.92 Å². The number of rotatable bonds is 2. The third-order valence-electron chi connectivity index (χ3n) is 1.86. The molecule has 15 heavy (non-hydrogen) atoms. The first-order chi connectivity index (χ1) is 6.86. The van der Waals surface area contributed by atoms with Crippen molar-refractivity contribution in [3.8, 4) is 11.5 Å². The van der Waals surface area contributed by atoms with E-state index in [0.717, 1.165) is 0 Å². The minimum atomic E-state index is -1.06. The lowest BCUT2D eigenvalue weighted by atomic mass is 10.1. The highest BCUT2D eigenvalue weighted by Crippen LogP contribution is 2.42. The molecule has 0 atom stereocenters. The van der Waals surface area contributed by atoms with Crippen molar-refractivity contribution in [2.45, 2.75) is 6.92 Å². The fraction of sp³-hybridized carbons (Fsp3) is 0.143. The van der Waals surface area contributed by atoms with Crippen molar-refractivity contribution < 1.29 is 20.1 Å². The molecule has 0 radical (unpaired) electrons. The van der Waals surface area contributed by atoms with E-state index in [1.807, 2.05) is 0 Å². The van der Waals surface area contributed by atoms with Gasteiger partial charge in [0.05, 0.1) is 21.5 Å². The molecule has 1 rings (SSSR count). The molecule has 0 unspecified atom stereocenters. The fourth-order valence-corrected chi connectivity index (χ4v) is 1.09. The zero-order valence-corrected chi connectivity index (χ0v) is 7.50. The summed E-state index contributed by atoms with van der Waals surface area (Å²) in [6, 6.07) is 0.664. The lowest BCUT2D eigenvalue weighted by molar-refractivity contribution is -0.396. The van der Waals surface area contributed by atoms with Crippen LogP contribution < -0.4 is 0 Å². The van der Waals surface area contributed by atoms with Crippen molar-refractivity contribution in [1.82, 2.24) is 0 Å². The summed E-state index contributed by atoms with van der Waals surface area (Å²) in [4.78, 5) is 18.9. The van der Waals surface area contributed by atoms with E-state index in [1.165, 1.54) is 6.92 Å².